The first-order valence-electron chi connectivity index (χ1n) is 21.2. The van der Waals surface area contributed by atoms with Crippen LogP contribution in [0.2, 0.25) is 0 Å². The van der Waals surface area contributed by atoms with Crippen molar-refractivity contribution in [2.75, 3.05) is 13.2 Å². The second-order valence-corrected chi connectivity index (χ2v) is 15.2. The summed E-state index contributed by atoms with van der Waals surface area (Å²) in [5, 5.41) is 4.89. The number of carbonyl (C=O) groups excluding carboxylic acids is 6. The van der Waals surface area contributed by atoms with E-state index in [4.69, 9.17) is 57.4 Å². The highest BCUT2D eigenvalue weighted by atomic mass is 17.5. The molecule has 362 valence electrons. The summed E-state index contributed by atoms with van der Waals surface area (Å²) in [7, 11) is 0. The Morgan fingerprint density at radius 1 is 0.578 bits per heavy atom. The highest BCUT2D eigenvalue weighted by molar-refractivity contribution is 5.95. The van der Waals surface area contributed by atoms with E-state index in [-0.39, 0.29) is 73.2 Å². The summed E-state index contributed by atoms with van der Waals surface area (Å²) in [6, 6.07) is 0. The Labute approximate surface area is 377 Å². The lowest BCUT2D eigenvalue weighted by molar-refractivity contribution is -0.521. The van der Waals surface area contributed by atoms with Gasteiger partial charge in [0.2, 0.25) is 11.9 Å². The van der Waals surface area contributed by atoms with E-state index in [0.717, 1.165) is 12.8 Å². The lowest BCUT2D eigenvalue weighted by Gasteiger charge is -2.34. The van der Waals surface area contributed by atoms with Crippen LogP contribution in [0.3, 0.4) is 0 Å². The molecule has 64 heavy (non-hydrogen) atoms. The third-order valence-corrected chi connectivity index (χ3v) is 8.16. The second-order valence-electron chi connectivity index (χ2n) is 15.2. The summed E-state index contributed by atoms with van der Waals surface area (Å²) in [5.74, 6) is -13.0. The molecule has 0 aliphatic heterocycles. The molecule has 0 bridgehead atoms. The third-order valence-electron chi connectivity index (χ3n) is 8.16. The SMILES string of the molecule is C=C(C)C(=O)OC(OCCCCC)=C(C(=O)OOOC(CCCCC(OCCCC)(OC(=O)C(=C)C)OC(C)C)OC(=O)C(=C)C)C(OC(=O)C(=C)C)(OC(=O)C(=C)C)OC(C)CC. The molecule has 3 atom stereocenters. The molecule has 18 heteroatoms. The van der Waals surface area contributed by atoms with Gasteiger partial charge in [-0.25, -0.2) is 28.8 Å². The monoisotopic (exact) mass is 910 g/mol. The van der Waals surface area contributed by atoms with Crippen molar-refractivity contribution in [1.82, 2.24) is 0 Å². The van der Waals surface area contributed by atoms with Gasteiger partial charge in [0.15, 0.2) is 0 Å². The first-order valence-corrected chi connectivity index (χ1v) is 21.2. The Hall–Kier alpha value is -5.14. The summed E-state index contributed by atoms with van der Waals surface area (Å²) in [4.78, 5) is 89.7. The van der Waals surface area contributed by atoms with Gasteiger partial charge in [0.1, 0.15) is 0 Å². The Morgan fingerprint density at radius 2 is 1.11 bits per heavy atom. The zero-order valence-corrected chi connectivity index (χ0v) is 39.6. The van der Waals surface area contributed by atoms with Crippen LogP contribution < -0.4 is 0 Å². The van der Waals surface area contributed by atoms with Crippen molar-refractivity contribution in [3.8, 4) is 0 Å². The highest BCUT2D eigenvalue weighted by Gasteiger charge is 2.55. The molecular formula is C46H70O18. The Kier molecular flexibility index (Phi) is 27.7. The van der Waals surface area contributed by atoms with Crippen molar-refractivity contribution < 1.29 is 86.2 Å². The van der Waals surface area contributed by atoms with Crippen LogP contribution in [0.25, 0.3) is 0 Å². The fourth-order valence-corrected chi connectivity index (χ4v) is 4.53. The largest absolute Gasteiger partial charge is 0.464 e. The van der Waals surface area contributed by atoms with Crippen LogP contribution in [0.4, 0.5) is 0 Å². The van der Waals surface area contributed by atoms with Crippen LogP contribution in [0.15, 0.2) is 72.3 Å². The van der Waals surface area contributed by atoms with Gasteiger partial charge < -0.3 is 37.9 Å². The molecule has 0 aliphatic rings. The van der Waals surface area contributed by atoms with Crippen LogP contribution in [-0.4, -0.2) is 79.5 Å². The molecule has 0 saturated heterocycles. The lowest BCUT2D eigenvalue weighted by atomic mass is 10.1. The Bertz CT molecular complexity index is 1660. The van der Waals surface area contributed by atoms with Crippen molar-refractivity contribution in [3.05, 3.63) is 72.3 Å². The van der Waals surface area contributed by atoms with E-state index in [1.807, 2.05) is 13.8 Å². The maximum atomic E-state index is 14.4. The van der Waals surface area contributed by atoms with Crippen molar-refractivity contribution in [3.63, 3.8) is 0 Å². The van der Waals surface area contributed by atoms with Crippen molar-refractivity contribution in [1.29, 1.82) is 0 Å². The van der Waals surface area contributed by atoms with Gasteiger partial charge in [0.05, 0.1) is 25.4 Å². The minimum Gasteiger partial charge on any atom is -0.464 e. The second kappa shape index (κ2) is 30.1. The normalized spacial score (nSPS) is 13.5. The van der Waals surface area contributed by atoms with Gasteiger partial charge in [-0.05, 0) is 92.5 Å². The number of ether oxygens (including phenoxy) is 9. The van der Waals surface area contributed by atoms with Gasteiger partial charge in [0.25, 0.3) is 0 Å². The molecule has 0 spiro atoms. The van der Waals surface area contributed by atoms with E-state index in [1.54, 1.807) is 20.8 Å². The summed E-state index contributed by atoms with van der Waals surface area (Å²) in [6.07, 6.45) is 0.648. The zero-order valence-electron chi connectivity index (χ0n) is 39.6. The number of unbranched alkanes of at least 4 members (excludes halogenated alkanes) is 4. The van der Waals surface area contributed by atoms with E-state index in [2.05, 4.69) is 32.9 Å². The van der Waals surface area contributed by atoms with Crippen LogP contribution in [0, 0.1) is 0 Å². The summed E-state index contributed by atoms with van der Waals surface area (Å²) in [6.45, 7) is 35.1. The van der Waals surface area contributed by atoms with Crippen molar-refractivity contribution in [2.45, 2.75) is 171 Å². The first-order chi connectivity index (χ1) is 29.9. The standard InChI is InChI=1S/C46H70O18/c1-17-20-24-27-53-44(56-39(48)30(6)7)37(46(58-35(16)19-3,60-41(50)32(10)11)61-42(51)33(12)13)43(52)63-64-62-36(55-38(47)29(4)5)25-22-23-26-45(57-34(14)15,54-28-21-18-2)59-40(49)31(8)9/h34-36H,4,6,8,10,12,17-28H2,1-3,5,7,9,11,13-16H3. The maximum absolute atomic E-state index is 14.4. The third kappa shape index (κ3) is 22.0. The Balaban J connectivity index is 7.31. The van der Waals surface area contributed by atoms with Crippen molar-refractivity contribution >= 4 is 35.8 Å². The molecule has 0 fully saturated rings. The molecule has 0 aromatic heterocycles. The average Bonchev–Trinajstić information content (AvgIpc) is 3.20. The van der Waals surface area contributed by atoms with Gasteiger partial charge in [-0.1, -0.05) is 72.9 Å². The summed E-state index contributed by atoms with van der Waals surface area (Å²) < 4.78 is 51.5. The number of esters is 5. The van der Waals surface area contributed by atoms with E-state index in [1.165, 1.54) is 41.5 Å². The molecule has 0 N–H and O–H groups in total. The zero-order chi connectivity index (χ0) is 49.2. The topological polar surface area (TPSA) is 213 Å². The molecular weight excluding hydrogens is 840 g/mol. The number of carbonyl (C=O) groups is 6. The molecule has 0 amide bonds. The predicted molar refractivity (Wildman–Crippen MR) is 231 cm³/mol. The predicted octanol–water partition coefficient (Wildman–Crippen LogP) is 8.66. The van der Waals surface area contributed by atoms with Gasteiger partial charge in [0, 0.05) is 40.7 Å². The number of hydrogen-bond donors (Lipinski definition) is 0. The maximum Gasteiger partial charge on any atom is 0.421 e. The Morgan fingerprint density at radius 3 is 1.59 bits per heavy atom. The lowest BCUT2D eigenvalue weighted by Crippen LogP contribution is -2.50. The van der Waals surface area contributed by atoms with Gasteiger partial charge in [-0.15, -0.1) is 0 Å². The highest BCUT2D eigenvalue weighted by Crippen LogP contribution is 2.35. The molecule has 0 aliphatic carbocycles. The molecule has 0 rings (SSSR count). The first kappa shape index (κ1) is 58.9. The molecule has 0 aromatic carbocycles. The van der Waals surface area contributed by atoms with Crippen LogP contribution in [-0.2, 0) is 86.2 Å². The van der Waals surface area contributed by atoms with Crippen LogP contribution in [0.5, 0.6) is 0 Å². The van der Waals surface area contributed by atoms with Gasteiger partial charge >= 0.3 is 53.7 Å². The van der Waals surface area contributed by atoms with E-state index in [0.29, 0.717) is 19.3 Å². The fourth-order valence-electron chi connectivity index (χ4n) is 4.53. The number of hydrogen-bond acceptors (Lipinski definition) is 18. The minimum atomic E-state index is -3.24. The van der Waals surface area contributed by atoms with Gasteiger partial charge in [-0.3, -0.25) is 9.62 Å². The average molecular weight is 911 g/mol. The smallest absolute Gasteiger partial charge is 0.421 e. The molecule has 0 heterocycles. The summed E-state index contributed by atoms with van der Waals surface area (Å²) in [5.41, 5.74) is -1.70. The fraction of sp³-hybridized carbons (Fsp3) is 0.609. The molecule has 0 saturated carbocycles. The van der Waals surface area contributed by atoms with E-state index >= 15 is 0 Å². The van der Waals surface area contributed by atoms with Crippen LogP contribution >= 0.6 is 0 Å². The minimum absolute atomic E-state index is 0.0209. The molecule has 0 radical (unpaired) electrons. The molecule has 0 aromatic rings. The quantitative estimate of drug-likeness (QED) is 0.00863. The molecule has 18 nitrogen and oxygen atoms in total. The van der Waals surface area contributed by atoms with Crippen LogP contribution in [0.1, 0.15) is 140 Å². The number of rotatable bonds is 34. The molecule has 3 unspecified atom stereocenters. The van der Waals surface area contributed by atoms with Gasteiger partial charge in [-0.2, -0.15) is 4.89 Å². The van der Waals surface area contributed by atoms with E-state index in [9.17, 15) is 28.8 Å². The summed E-state index contributed by atoms with van der Waals surface area (Å²) >= 11 is 0. The van der Waals surface area contributed by atoms with E-state index < -0.39 is 77.8 Å². The van der Waals surface area contributed by atoms with Crippen molar-refractivity contribution in [2.24, 2.45) is 0 Å².